The van der Waals surface area contributed by atoms with E-state index in [1.165, 1.54) is 16.4 Å². The number of nitrogens with zero attached hydrogens (tertiary/aromatic N) is 1. The first-order chi connectivity index (χ1) is 9.95. The highest BCUT2D eigenvalue weighted by molar-refractivity contribution is 8.00. The van der Waals surface area contributed by atoms with Gasteiger partial charge >= 0.3 is 0 Å². The van der Waals surface area contributed by atoms with Crippen molar-refractivity contribution in [1.82, 2.24) is 9.62 Å². The number of nitrogens with one attached hydrogen (secondary N) is 1. The molecule has 118 valence electrons. The summed E-state index contributed by atoms with van der Waals surface area (Å²) in [6.07, 6.45) is 0. The van der Waals surface area contributed by atoms with Crippen LogP contribution in [0.1, 0.15) is 19.4 Å². The van der Waals surface area contributed by atoms with E-state index >= 15 is 0 Å². The first kappa shape index (κ1) is 16.7. The molecule has 2 rings (SSSR count). The zero-order valence-corrected chi connectivity index (χ0v) is 13.9. The molecule has 4 nitrogen and oxygen atoms in total. The molecule has 0 spiro atoms. The zero-order valence-electron chi connectivity index (χ0n) is 12.3. The monoisotopic (exact) mass is 332 g/mol. The molecule has 1 aromatic carbocycles. The third-order valence-corrected chi connectivity index (χ3v) is 6.43. The van der Waals surface area contributed by atoms with Gasteiger partial charge in [-0.15, -0.1) is 0 Å². The van der Waals surface area contributed by atoms with Gasteiger partial charge in [0.15, 0.2) is 0 Å². The molecule has 1 saturated heterocycles. The molecule has 1 fully saturated rings. The van der Waals surface area contributed by atoms with Crippen molar-refractivity contribution in [2.24, 2.45) is 0 Å². The molecular formula is C14H21FN2O2S2. The Hall–Kier alpha value is -0.630. The van der Waals surface area contributed by atoms with Crippen molar-refractivity contribution in [1.29, 1.82) is 0 Å². The van der Waals surface area contributed by atoms with Crippen molar-refractivity contribution in [3.8, 4) is 0 Å². The molecule has 7 heteroatoms. The van der Waals surface area contributed by atoms with Crippen LogP contribution >= 0.6 is 11.8 Å². The van der Waals surface area contributed by atoms with E-state index in [2.05, 4.69) is 5.32 Å². The van der Waals surface area contributed by atoms with Crippen LogP contribution in [0.3, 0.4) is 0 Å². The van der Waals surface area contributed by atoms with Gasteiger partial charge in [0, 0.05) is 30.6 Å². The molecule has 0 aliphatic carbocycles. The van der Waals surface area contributed by atoms with E-state index in [1.807, 2.05) is 13.8 Å². The van der Waals surface area contributed by atoms with Crippen LogP contribution in [0, 0.1) is 5.82 Å². The smallest absolute Gasteiger partial charge is 0.246 e. The van der Waals surface area contributed by atoms with Crippen LogP contribution in [0.4, 0.5) is 4.39 Å². The van der Waals surface area contributed by atoms with Crippen molar-refractivity contribution in [2.75, 3.05) is 25.4 Å². The molecule has 1 unspecified atom stereocenters. The third-order valence-electron chi connectivity index (χ3n) is 3.40. The van der Waals surface area contributed by atoms with E-state index in [1.54, 1.807) is 17.8 Å². The minimum absolute atomic E-state index is 0.221. The van der Waals surface area contributed by atoms with Crippen molar-refractivity contribution in [2.45, 2.75) is 30.5 Å². The molecular weight excluding hydrogens is 311 g/mol. The Labute approximate surface area is 130 Å². The number of halogens is 1. The van der Waals surface area contributed by atoms with E-state index in [0.717, 1.165) is 17.9 Å². The number of rotatable bonds is 5. The first-order valence-corrected chi connectivity index (χ1v) is 9.55. The van der Waals surface area contributed by atoms with Crippen LogP contribution < -0.4 is 5.32 Å². The molecule has 1 aromatic rings. The summed E-state index contributed by atoms with van der Waals surface area (Å²) in [7, 11) is -3.74. The van der Waals surface area contributed by atoms with Crippen LogP contribution in [0.25, 0.3) is 0 Å². The number of hydrogen-bond donors (Lipinski definition) is 1. The molecule has 1 aliphatic rings. The van der Waals surface area contributed by atoms with Gasteiger partial charge in [0.25, 0.3) is 0 Å². The summed E-state index contributed by atoms with van der Waals surface area (Å²) in [5, 5.41) is 3.33. The van der Waals surface area contributed by atoms with Crippen LogP contribution in [0.5, 0.6) is 0 Å². The molecule has 1 aliphatic heterocycles. The molecule has 0 saturated carbocycles. The maximum Gasteiger partial charge on any atom is 0.246 e. The van der Waals surface area contributed by atoms with Gasteiger partial charge in [0.05, 0.1) is 0 Å². The van der Waals surface area contributed by atoms with Gasteiger partial charge < -0.3 is 5.32 Å². The fraction of sp³-hybridized carbons (Fsp3) is 0.571. The lowest BCUT2D eigenvalue weighted by atomic mass is 10.2. The molecule has 0 amide bonds. The second-order valence-corrected chi connectivity index (χ2v) is 8.54. The predicted molar refractivity (Wildman–Crippen MR) is 84.5 cm³/mol. The summed E-state index contributed by atoms with van der Waals surface area (Å²) in [6, 6.07) is 4.35. The van der Waals surface area contributed by atoms with E-state index in [9.17, 15) is 12.8 Å². The molecule has 1 N–H and O–H groups in total. The van der Waals surface area contributed by atoms with E-state index in [-0.39, 0.29) is 10.1 Å². The molecule has 21 heavy (non-hydrogen) atoms. The lowest BCUT2D eigenvalue weighted by Gasteiger charge is -2.29. The normalized spacial score (nSPS) is 20.6. The van der Waals surface area contributed by atoms with Crippen LogP contribution in [0.15, 0.2) is 23.1 Å². The number of hydrogen-bond acceptors (Lipinski definition) is 4. The van der Waals surface area contributed by atoms with Gasteiger partial charge in [0.2, 0.25) is 10.0 Å². The fourth-order valence-electron chi connectivity index (χ4n) is 2.28. The van der Waals surface area contributed by atoms with Crippen LogP contribution in [-0.4, -0.2) is 43.4 Å². The maximum absolute atomic E-state index is 14.2. The Balaban J connectivity index is 2.23. The standard InChI is InChI=1S/C14H21FN2O2S2/c1-3-16-9-12-4-5-14(13(15)8-12)21(18,19)17-6-7-20-11(2)10-17/h4-5,8,11,16H,3,6-7,9-10H2,1-2H3. The Morgan fingerprint density at radius 3 is 2.86 bits per heavy atom. The maximum atomic E-state index is 14.2. The average molecular weight is 332 g/mol. The third kappa shape index (κ3) is 3.97. The molecule has 1 atom stereocenters. The number of benzene rings is 1. The average Bonchev–Trinajstić information content (AvgIpc) is 2.45. The van der Waals surface area contributed by atoms with E-state index in [4.69, 9.17) is 0 Å². The topological polar surface area (TPSA) is 49.4 Å². The SMILES string of the molecule is CCNCc1ccc(S(=O)(=O)N2CCSC(C)C2)c(F)c1. The summed E-state index contributed by atoms with van der Waals surface area (Å²) < 4.78 is 40.7. The highest BCUT2D eigenvalue weighted by atomic mass is 32.2. The molecule has 0 radical (unpaired) electrons. The molecule has 0 bridgehead atoms. The van der Waals surface area contributed by atoms with Gasteiger partial charge in [-0.1, -0.05) is 19.9 Å². The second kappa shape index (κ2) is 7.09. The van der Waals surface area contributed by atoms with Gasteiger partial charge in [-0.3, -0.25) is 0 Å². The van der Waals surface area contributed by atoms with Crippen molar-refractivity contribution >= 4 is 21.8 Å². The highest BCUT2D eigenvalue weighted by Crippen LogP contribution is 2.26. The highest BCUT2D eigenvalue weighted by Gasteiger charge is 2.31. The molecule has 0 aromatic heterocycles. The summed E-state index contributed by atoms with van der Waals surface area (Å²) in [4.78, 5) is -0.221. The van der Waals surface area contributed by atoms with Crippen molar-refractivity contribution < 1.29 is 12.8 Å². The number of sulfonamides is 1. The van der Waals surface area contributed by atoms with Gasteiger partial charge in [-0.25, -0.2) is 12.8 Å². The minimum Gasteiger partial charge on any atom is -0.313 e. The Kier molecular flexibility index (Phi) is 5.65. The largest absolute Gasteiger partial charge is 0.313 e. The van der Waals surface area contributed by atoms with Crippen molar-refractivity contribution in [3.63, 3.8) is 0 Å². The van der Waals surface area contributed by atoms with E-state index in [0.29, 0.717) is 19.6 Å². The van der Waals surface area contributed by atoms with Crippen LogP contribution in [0.2, 0.25) is 0 Å². The summed E-state index contributed by atoms with van der Waals surface area (Å²) in [6.45, 7) is 6.14. The fourth-order valence-corrected chi connectivity index (χ4v) is 5.08. The summed E-state index contributed by atoms with van der Waals surface area (Å²) in [5.41, 5.74) is 0.746. The summed E-state index contributed by atoms with van der Waals surface area (Å²) in [5.74, 6) is 0.0804. The zero-order chi connectivity index (χ0) is 15.5. The van der Waals surface area contributed by atoms with Gasteiger partial charge in [0.1, 0.15) is 10.7 Å². The lowest BCUT2D eigenvalue weighted by molar-refractivity contribution is 0.420. The van der Waals surface area contributed by atoms with Crippen molar-refractivity contribution in [3.05, 3.63) is 29.6 Å². The summed E-state index contributed by atoms with van der Waals surface area (Å²) >= 11 is 1.74. The Bertz CT molecular complexity index is 593. The first-order valence-electron chi connectivity index (χ1n) is 7.06. The van der Waals surface area contributed by atoms with Gasteiger partial charge in [-0.2, -0.15) is 16.1 Å². The number of thioether (sulfide) groups is 1. The second-order valence-electron chi connectivity index (χ2n) is 5.09. The Morgan fingerprint density at radius 1 is 1.48 bits per heavy atom. The Morgan fingerprint density at radius 2 is 2.24 bits per heavy atom. The minimum atomic E-state index is -3.74. The van der Waals surface area contributed by atoms with E-state index < -0.39 is 15.8 Å². The lowest BCUT2D eigenvalue weighted by Crippen LogP contribution is -2.41. The van der Waals surface area contributed by atoms with Crippen LogP contribution in [-0.2, 0) is 16.6 Å². The predicted octanol–water partition coefficient (Wildman–Crippen LogP) is 2.06. The molecule has 1 heterocycles. The quantitative estimate of drug-likeness (QED) is 0.897. The van der Waals surface area contributed by atoms with Gasteiger partial charge in [-0.05, 0) is 24.2 Å².